The normalized spacial score (nSPS) is 12.2. The Bertz CT molecular complexity index is 1540. The molecular formula is C26H25N3O2S. The first kappa shape index (κ1) is 20.5. The lowest BCUT2D eigenvalue weighted by Gasteiger charge is -2.13. The van der Waals surface area contributed by atoms with E-state index < -0.39 is 10.0 Å². The van der Waals surface area contributed by atoms with Crippen LogP contribution in [0.5, 0.6) is 0 Å². The molecule has 0 saturated heterocycles. The largest absolute Gasteiger partial charge is 0.332 e. The molecule has 162 valence electrons. The Morgan fingerprint density at radius 2 is 1.62 bits per heavy atom. The molecule has 0 atom stereocenters. The van der Waals surface area contributed by atoms with E-state index in [4.69, 9.17) is 0 Å². The second kappa shape index (κ2) is 7.64. The third-order valence-electron chi connectivity index (χ3n) is 5.94. The Hall–Kier alpha value is -3.38. The van der Waals surface area contributed by atoms with E-state index in [1.165, 1.54) is 3.97 Å². The highest BCUT2D eigenvalue weighted by Crippen LogP contribution is 2.33. The predicted octanol–water partition coefficient (Wildman–Crippen LogP) is 5.71. The van der Waals surface area contributed by atoms with Crippen LogP contribution in [-0.4, -0.2) is 21.9 Å². The van der Waals surface area contributed by atoms with Crippen LogP contribution in [0.1, 0.15) is 36.7 Å². The highest BCUT2D eigenvalue weighted by atomic mass is 32.2. The minimum atomic E-state index is -3.77. The van der Waals surface area contributed by atoms with Gasteiger partial charge in [-0.2, -0.15) is 0 Å². The maximum Gasteiger partial charge on any atom is 0.268 e. The Morgan fingerprint density at radius 3 is 2.38 bits per heavy atom. The average Bonchev–Trinajstić information content (AvgIpc) is 3.36. The van der Waals surface area contributed by atoms with Crippen molar-refractivity contribution in [3.8, 4) is 0 Å². The highest BCUT2D eigenvalue weighted by molar-refractivity contribution is 7.90. The van der Waals surface area contributed by atoms with Gasteiger partial charge in [0.05, 0.1) is 22.3 Å². The summed E-state index contributed by atoms with van der Waals surface area (Å²) >= 11 is 0. The molecule has 0 bridgehead atoms. The molecule has 5 aromatic rings. The number of para-hydroxylation sites is 1. The van der Waals surface area contributed by atoms with Crippen molar-refractivity contribution in [2.45, 2.75) is 38.1 Å². The topological polar surface area (TPSA) is 56.9 Å². The summed E-state index contributed by atoms with van der Waals surface area (Å²) in [6, 6.07) is 21.1. The molecule has 0 aliphatic rings. The lowest BCUT2D eigenvalue weighted by Crippen LogP contribution is -2.13. The molecule has 0 aliphatic carbocycles. The molecule has 0 aliphatic heterocycles. The summed E-state index contributed by atoms with van der Waals surface area (Å²) in [7, 11) is -3.77. The van der Waals surface area contributed by atoms with Gasteiger partial charge in [-0.15, -0.1) is 0 Å². The quantitative estimate of drug-likeness (QED) is 0.350. The molecule has 0 amide bonds. The Kier molecular flexibility index (Phi) is 4.90. The molecule has 0 N–H and O–H groups in total. The first-order valence-corrected chi connectivity index (χ1v) is 12.2. The van der Waals surface area contributed by atoms with Crippen LogP contribution in [-0.2, 0) is 16.4 Å². The van der Waals surface area contributed by atoms with Gasteiger partial charge in [-0.1, -0.05) is 48.0 Å². The molecule has 32 heavy (non-hydrogen) atoms. The zero-order valence-electron chi connectivity index (χ0n) is 18.4. The Labute approximate surface area is 188 Å². The molecular weight excluding hydrogens is 418 g/mol. The summed E-state index contributed by atoms with van der Waals surface area (Å²) in [6.45, 7) is 6.20. The third kappa shape index (κ3) is 3.31. The molecule has 5 rings (SSSR count). The second-order valence-corrected chi connectivity index (χ2v) is 10.3. The number of benzene rings is 3. The van der Waals surface area contributed by atoms with E-state index in [2.05, 4.69) is 29.5 Å². The lowest BCUT2D eigenvalue weighted by atomic mass is 10.1. The monoisotopic (exact) mass is 443 g/mol. The fraction of sp³-hybridized carbons (Fsp3) is 0.192. The fourth-order valence-electron chi connectivity index (χ4n) is 4.31. The Morgan fingerprint density at radius 1 is 0.906 bits per heavy atom. The number of aryl methyl sites for hydroxylation is 1. The molecule has 6 heteroatoms. The molecule has 0 saturated carbocycles. The summed E-state index contributed by atoms with van der Waals surface area (Å²) in [5, 5.41) is 1.86. The van der Waals surface area contributed by atoms with Crippen LogP contribution in [0.25, 0.3) is 21.8 Å². The van der Waals surface area contributed by atoms with E-state index in [9.17, 15) is 8.42 Å². The van der Waals surface area contributed by atoms with Crippen molar-refractivity contribution in [1.29, 1.82) is 0 Å². The van der Waals surface area contributed by atoms with Crippen LogP contribution < -0.4 is 0 Å². The number of hydrogen-bond donors (Lipinski definition) is 0. The molecule has 3 aromatic carbocycles. The minimum absolute atomic E-state index is 0.286. The summed E-state index contributed by atoms with van der Waals surface area (Å²) in [5.41, 5.74) is 4.55. The number of aromatic nitrogens is 3. The van der Waals surface area contributed by atoms with Crippen molar-refractivity contribution >= 4 is 31.8 Å². The van der Waals surface area contributed by atoms with Crippen LogP contribution in [0, 0.1) is 6.92 Å². The van der Waals surface area contributed by atoms with Crippen LogP contribution in [0.4, 0.5) is 0 Å². The van der Waals surface area contributed by atoms with Crippen molar-refractivity contribution in [1.82, 2.24) is 13.5 Å². The number of fused-ring (bicyclic) bond motifs is 3. The van der Waals surface area contributed by atoms with Crippen molar-refractivity contribution in [3.05, 3.63) is 96.1 Å². The van der Waals surface area contributed by atoms with Gasteiger partial charge < -0.3 is 4.57 Å². The van der Waals surface area contributed by atoms with Crippen LogP contribution in [0.3, 0.4) is 0 Å². The van der Waals surface area contributed by atoms with Gasteiger partial charge >= 0.3 is 0 Å². The smallest absolute Gasteiger partial charge is 0.268 e. The average molecular weight is 444 g/mol. The van der Waals surface area contributed by atoms with Gasteiger partial charge in [0, 0.05) is 35.1 Å². The first-order valence-electron chi connectivity index (χ1n) is 10.7. The number of imidazole rings is 1. The summed E-state index contributed by atoms with van der Waals surface area (Å²) < 4.78 is 31.1. The lowest BCUT2D eigenvalue weighted by molar-refractivity contribution is 0.579. The number of nitrogens with zero attached hydrogens (tertiary/aromatic N) is 3. The van der Waals surface area contributed by atoms with Gasteiger partial charge in [0.1, 0.15) is 0 Å². The zero-order valence-corrected chi connectivity index (χ0v) is 19.2. The number of hydrogen-bond acceptors (Lipinski definition) is 3. The molecule has 5 nitrogen and oxygen atoms in total. The predicted molar refractivity (Wildman–Crippen MR) is 129 cm³/mol. The van der Waals surface area contributed by atoms with Crippen molar-refractivity contribution in [2.75, 3.05) is 0 Å². The van der Waals surface area contributed by atoms with E-state index in [1.54, 1.807) is 12.1 Å². The maximum atomic E-state index is 13.8. The molecule has 0 unspecified atom stereocenters. The van der Waals surface area contributed by atoms with Crippen LogP contribution in [0.15, 0.2) is 84.1 Å². The van der Waals surface area contributed by atoms with Gasteiger partial charge in [-0.05, 0) is 50.6 Å². The highest BCUT2D eigenvalue weighted by Gasteiger charge is 2.23. The van der Waals surface area contributed by atoms with Gasteiger partial charge in [-0.25, -0.2) is 17.4 Å². The molecule has 2 heterocycles. The maximum absolute atomic E-state index is 13.8. The van der Waals surface area contributed by atoms with Gasteiger partial charge in [-0.3, -0.25) is 0 Å². The van der Waals surface area contributed by atoms with E-state index in [0.717, 1.165) is 27.6 Å². The molecule has 0 fully saturated rings. The SMILES string of the molecule is Cc1ccc(S(=O)(=O)n2c3ccccc3c3ccc(Cc4cncn4C(C)C)cc32)cc1. The fourth-order valence-corrected chi connectivity index (χ4v) is 5.83. The van der Waals surface area contributed by atoms with Crippen LogP contribution >= 0.6 is 0 Å². The Balaban J connectivity index is 1.73. The number of rotatable bonds is 5. The van der Waals surface area contributed by atoms with E-state index in [0.29, 0.717) is 23.5 Å². The van der Waals surface area contributed by atoms with E-state index in [-0.39, 0.29) is 4.90 Å². The minimum Gasteiger partial charge on any atom is -0.332 e. The summed E-state index contributed by atoms with van der Waals surface area (Å²) in [6.07, 6.45) is 4.40. The van der Waals surface area contributed by atoms with E-state index >= 15 is 0 Å². The van der Waals surface area contributed by atoms with Crippen LogP contribution in [0.2, 0.25) is 0 Å². The van der Waals surface area contributed by atoms with Crippen molar-refractivity contribution in [3.63, 3.8) is 0 Å². The summed E-state index contributed by atoms with van der Waals surface area (Å²) in [5.74, 6) is 0. The molecule has 2 aromatic heterocycles. The van der Waals surface area contributed by atoms with Crippen molar-refractivity contribution in [2.24, 2.45) is 0 Å². The van der Waals surface area contributed by atoms with Crippen molar-refractivity contribution < 1.29 is 8.42 Å². The summed E-state index contributed by atoms with van der Waals surface area (Å²) in [4.78, 5) is 4.59. The van der Waals surface area contributed by atoms with Gasteiger partial charge in [0.25, 0.3) is 10.0 Å². The second-order valence-electron chi connectivity index (χ2n) is 8.51. The van der Waals surface area contributed by atoms with Gasteiger partial charge in [0.2, 0.25) is 0 Å². The molecule has 0 spiro atoms. The van der Waals surface area contributed by atoms with Gasteiger partial charge in [0.15, 0.2) is 0 Å². The van der Waals surface area contributed by atoms with E-state index in [1.807, 2.05) is 68.0 Å². The zero-order chi connectivity index (χ0) is 22.5. The first-order chi connectivity index (χ1) is 15.4. The molecule has 0 radical (unpaired) electrons. The third-order valence-corrected chi connectivity index (χ3v) is 7.68. The standard InChI is InChI=1S/C26H25N3O2S/c1-18(2)28-17-27-16-21(28)14-20-10-13-24-23-6-4-5-7-25(23)29(26(24)15-20)32(30,31)22-11-8-19(3)9-12-22/h4-13,15-18H,14H2,1-3H3.